The molecular formula is C9H11ClN2O. The highest BCUT2D eigenvalue weighted by molar-refractivity contribution is 6.33. The standard InChI is InChI=1S/C9H11ClN2O/c10-7-3-1-2-5(8(7)11)6-4-13-9(6)12/h1-3,6,9H,4,11-12H2. The summed E-state index contributed by atoms with van der Waals surface area (Å²) in [6.45, 7) is 0.631. The van der Waals surface area contributed by atoms with Crippen LogP contribution in [0.3, 0.4) is 0 Å². The first kappa shape index (κ1) is 8.81. The van der Waals surface area contributed by atoms with E-state index in [-0.39, 0.29) is 12.1 Å². The molecule has 2 rings (SSSR count). The van der Waals surface area contributed by atoms with Crippen molar-refractivity contribution in [2.45, 2.75) is 12.1 Å². The molecule has 1 heterocycles. The molecule has 0 radical (unpaired) electrons. The van der Waals surface area contributed by atoms with Crippen LogP contribution in [0.25, 0.3) is 0 Å². The fourth-order valence-electron chi connectivity index (χ4n) is 1.45. The van der Waals surface area contributed by atoms with E-state index in [1.54, 1.807) is 6.07 Å². The molecule has 0 spiro atoms. The highest BCUT2D eigenvalue weighted by atomic mass is 35.5. The minimum Gasteiger partial charge on any atom is -0.397 e. The van der Waals surface area contributed by atoms with Crippen molar-refractivity contribution in [1.82, 2.24) is 0 Å². The van der Waals surface area contributed by atoms with Gasteiger partial charge < -0.3 is 16.2 Å². The highest BCUT2D eigenvalue weighted by Gasteiger charge is 2.31. The zero-order valence-corrected chi connectivity index (χ0v) is 7.79. The maximum absolute atomic E-state index is 5.88. The van der Waals surface area contributed by atoms with Crippen molar-refractivity contribution in [2.75, 3.05) is 12.3 Å². The number of ether oxygens (including phenoxy) is 1. The summed E-state index contributed by atoms with van der Waals surface area (Å²) in [5, 5.41) is 0.580. The minimum atomic E-state index is -0.235. The molecule has 1 aliphatic rings. The fraction of sp³-hybridized carbons (Fsp3) is 0.333. The molecule has 3 nitrogen and oxygen atoms in total. The summed E-state index contributed by atoms with van der Waals surface area (Å²) in [5.41, 5.74) is 13.1. The molecule has 0 bridgehead atoms. The van der Waals surface area contributed by atoms with E-state index in [1.165, 1.54) is 0 Å². The molecule has 1 saturated heterocycles. The van der Waals surface area contributed by atoms with Crippen LogP contribution in [0.4, 0.5) is 5.69 Å². The van der Waals surface area contributed by atoms with E-state index in [1.807, 2.05) is 12.1 Å². The van der Waals surface area contributed by atoms with Gasteiger partial charge in [0.2, 0.25) is 0 Å². The Morgan fingerprint density at radius 2 is 2.23 bits per heavy atom. The molecule has 13 heavy (non-hydrogen) atoms. The van der Waals surface area contributed by atoms with E-state index in [9.17, 15) is 0 Å². The average Bonchev–Trinajstić information content (AvgIpc) is 2.10. The van der Waals surface area contributed by atoms with Crippen LogP contribution in [0.15, 0.2) is 18.2 Å². The Morgan fingerprint density at radius 3 is 2.77 bits per heavy atom. The van der Waals surface area contributed by atoms with Crippen LogP contribution in [0.2, 0.25) is 5.02 Å². The van der Waals surface area contributed by atoms with E-state index < -0.39 is 0 Å². The molecule has 1 aliphatic heterocycles. The number of rotatable bonds is 1. The molecule has 4 heteroatoms. The van der Waals surface area contributed by atoms with Gasteiger partial charge in [0.1, 0.15) is 6.23 Å². The van der Waals surface area contributed by atoms with E-state index in [2.05, 4.69) is 0 Å². The molecule has 0 aliphatic carbocycles. The fourth-order valence-corrected chi connectivity index (χ4v) is 1.63. The lowest BCUT2D eigenvalue weighted by molar-refractivity contribution is -0.0719. The third-order valence-corrected chi connectivity index (χ3v) is 2.68. The molecule has 4 N–H and O–H groups in total. The van der Waals surface area contributed by atoms with Gasteiger partial charge in [-0.05, 0) is 11.6 Å². The summed E-state index contributed by atoms with van der Waals surface area (Å²) in [7, 11) is 0. The van der Waals surface area contributed by atoms with Crippen LogP contribution in [-0.4, -0.2) is 12.8 Å². The molecule has 0 aromatic heterocycles. The van der Waals surface area contributed by atoms with Gasteiger partial charge in [-0.1, -0.05) is 23.7 Å². The lowest BCUT2D eigenvalue weighted by Crippen LogP contribution is -2.44. The quantitative estimate of drug-likeness (QED) is 0.670. The summed E-state index contributed by atoms with van der Waals surface area (Å²) < 4.78 is 5.07. The smallest absolute Gasteiger partial charge is 0.114 e. The molecule has 2 atom stereocenters. The maximum Gasteiger partial charge on any atom is 0.114 e. The van der Waals surface area contributed by atoms with Gasteiger partial charge in [0.05, 0.1) is 17.3 Å². The van der Waals surface area contributed by atoms with Crippen LogP contribution >= 0.6 is 11.6 Å². The van der Waals surface area contributed by atoms with Crippen LogP contribution in [0, 0.1) is 0 Å². The Morgan fingerprint density at radius 1 is 1.46 bits per heavy atom. The van der Waals surface area contributed by atoms with Crippen molar-refractivity contribution in [3.63, 3.8) is 0 Å². The number of benzene rings is 1. The SMILES string of the molecule is Nc1c(Cl)cccc1C1COC1N. The third kappa shape index (κ3) is 1.39. The second-order valence-corrected chi connectivity index (χ2v) is 3.55. The number of halogens is 1. The van der Waals surface area contributed by atoms with Crippen molar-refractivity contribution in [1.29, 1.82) is 0 Å². The minimum absolute atomic E-state index is 0.193. The topological polar surface area (TPSA) is 61.3 Å². The van der Waals surface area contributed by atoms with Gasteiger partial charge in [-0.2, -0.15) is 0 Å². The summed E-state index contributed by atoms with van der Waals surface area (Å²) in [6, 6.07) is 5.58. The van der Waals surface area contributed by atoms with Crippen molar-refractivity contribution >= 4 is 17.3 Å². The van der Waals surface area contributed by atoms with Crippen molar-refractivity contribution < 1.29 is 4.74 Å². The summed E-state index contributed by atoms with van der Waals surface area (Å²) in [6.07, 6.45) is -0.235. The number of anilines is 1. The van der Waals surface area contributed by atoms with Gasteiger partial charge in [0, 0.05) is 5.92 Å². The van der Waals surface area contributed by atoms with Crippen molar-refractivity contribution in [2.24, 2.45) is 5.73 Å². The molecule has 70 valence electrons. The number of nitrogen functional groups attached to an aromatic ring is 1. The van der Waals surface area contributed by atoms with Crippen molar-refractivity contribution in [3.8, 4) is 0 Å². The van der Waals surface area contributed by atoms with E-state index in [0.717, 1.165) is 5.56 Å². The van der Waals surface area contributed by atoms with Gasteiger partial charge in [-0.25, -0.2) is 0 Å². The number of para-hydroxylation sites is 1. The predicted molar refractivity (Wildman–Crippen MR) is 52.5 cm³/mol. The second kappa shape index (κ2) is 3.18. The van der Waals surface area contributed by atoms with Gasteiger partial charge in [-0.3, -0.25) is 0 Å². The van der Waals surface area contributed by atoms with Crippen LogP contribution in [0.5, 0.6) is 0 Å². The molecule has 1 aromatic rings. The lowest BCUT2D eigenvalue weighted by atomic mass is 9.93. The van der Waals surface area contributed by atoms with E-state index in [0.29, 0.717) is 17.3 Å². The zero-order valence-electron chi connectivity index (χ0n) is 7.03. The molecular weight excluding hydrogens is 188 g/mol. The zero-order chi connectivity index (χ0) is 9.42. The molecule has 0 saturated carbocycles. The van der Waals surface area contributed by atoms with E-state index >= 15 is 0 Å². The maximum atomic E-state index is 5.88. The predicted octanol–water partition coefficient (Wildman–Crippen LogP) is 1.32. The second-order valence-electron chi connectivity index (χ2n) is 3.15. The Labute approximate surface area is 81.6 Å². The molecule has 0 amide bonds. The highest BCUT2D eigenvalue weighted by Crippen LogP contribution is 2.34. The first-order chi connectivity index (χ1) is 6.20. The van der Waals surface area contributed by atoms with Gasteiger partial charge in [-0.15, -0.1) is 0 Å². The molecule has 1 aromatic carbocycles. The number of hydrogen-bond donors (Lipinski definition) is 2. The largest absolute Gasteiger partial charge is 0.397 e. The van der Waals surface area contributed by atoms with Crippen LogP contribution in [0.1, 0.15) is 11.5 Å². The summed E-state index contributed by atoms with van der Waals surface area (Å²) in [4.78, 5) is 0. The van der Waals surface area contributed by atoms with Gasteiger partial charge >= 0.3 is 0 Å². The Bertz CT molecular complexity index is 329. The Hall–Kier alpha value is -0.770. The van der Waals surface area contributed by atoms with Gasteiger partial charge in [0.25, 0.3) is 0 Å². The summed E-state index contributed by atoms with van der Waals surface area (Å²) >= 11 is 5.88. The third-order valence-electron chi connectivity index (χ3n) is 2.35. The molecule has 1 fully saturated rings. The monoisotopic (exact) mass is 198 g/mol. The Balaban J connectivity index is 2.34. The van der Waals surface area contributed by atoms with Gasteiger partial charge in [0.15, 0.2) is 0 Å². The van der Waals surface area contributed by atoms with Crippen LogP contribution in [-0.2, 0) is 4.74 Å². The first-order valence-corrected chi connectivity index (χ1v) is 4.49. The molecule has 2 unspecified atom stereocenters. The first-order valence-electron chi connectivity index (χ1n) is 4.11. The number of nitrogens with two attached hydrogens (primary N) is 2. The Kier molecular flexibility index (Phi) is 2.15. The van der Waals surface area contributed by atoms with Crippen LogP contribution < -0.4 is 11.5 Å². The van der Waals surface area contributed by atoms with Crippen molar-refractivity contribution in [3.05, 3.63) is 28.8 Å². The number of hydrogen-bond acceptors (Lipinski definition) is 3. The lowest BCUT2D eigenvalue weighted by Gasteiger charge is -2.34. The van der Waals surface area contributed by atoms with E-state index in [4.69, 9.17) is 27.8 Å². The average molecular weight is 199 g/mol. The summed E-state index contributed by atoms with van der Waals surface area (Å²) in [5.74, 6) is 0.193. The normalized spacial score (nSPS) is 26.9.